The summed E-state index contributed by atoms with van der Waals surface area (Å²) >= 11 is 7.04. The van der Waals surface area contributed by atoms with Crippen LogP contribution in [0.15, 0.2) is 54.3 Å². The number of benzene rings is 1. The average Bonchev–Trinajstić information content (AvgIpc) is 3.40. The van der Waals surface area contributed by atoms with Crippen molar-refractivity contribution in [3.8, 4) is 10.6 Å². The van der Waals surface area contributed by atoms with E-state index in [0.29, 0.717) is 26.1 Å². The highest BCUT2D eigenvalue weighted by Crippen LogP contribution is 2.36. The van der Waals surface area contributed by atoms with Crippen LogP contribution in [-0.4, -0.2) is 46.7 Å². The minimum atomic E-state index is -2.44. The highest BCUT2D eigenvalue weighted by Gasteiger charge is 2.47. The summed E-state index contributed by atoms with van der Waals surface area (Å²) in [5.41, 5.74) is -3.26. The van der Waals surface area contributed by atoms with Crippen LogP contribution in [0, 0.1) is 5.82 Å². The van der Waals surface area contributed by atoms with Gasteiger partial charge in [0.2, 0.25) is 0 Å². The predicted octanol–water partition coefficient (Wildman–Crippen LogP) is 4.42. The molecule has 2 aromatic heterocycles. The lowest BCUT2D eigenvalue weighted by molar-refractivity contribution is -0.132. The van der Waals surface area contributed by atoms with Crippen LogP contribution in [-0.2, 0) is 19.9 Å². The second-order valence-electron chi connectivity index (χ2n) is 8.18. The van der Waals surface area contributed by atoms with Gasteiger partial charge in [0, 0.05) is 53.8 Å². The Morgan fingerprint density at radius 2 is 1.97 bits per heavy atom. The van der Waals surface area contributed by atoms with Gasteiger partial charge in [0.15, 0.2) is 5.54 Å². The molecule has 1 aromatic carbocycles. The van der Waals surface area contributed by atoms with E-state index in [2.05, 4.69) is 15.3 Å². The van der Waals surface area contributed by atoms with Crippen LogP contribution in [0.1, 0.15) is 25.3 Å². The number of aromatic nitrogens is 2. The number of hydrogen-bond donors (Lipinski definition) is 1. The SMILES string of the molecule is C[C@](C(=O)NC1CCOCC1)(c1cncc(F)c1)N(C(=O)C(F)Cl)c1ccc(-c2nccs2)cc1. The minimum Gasteiger partial charge on any atom is -0.381 e. The molecule has 2 amide bonds. The van der Waals surface area contributed by atoms with E-state index >= 15 is 0 Å². The summed E-state index contributed by atoms with van der Waals surface area (Å²) in [6, 6.07) is 7.43. The van der Waals surface area contributed by atoms with Gasteiger partial charge in [0.25, 0.3) is 17.4 Å². The van der Waals surface area contributed by atoms with Gasteiger partial charge in [-0.15, -0.1) is 11.3 Å². The fourth-order valence-corrected chi connectivity index (χ4v) is 4.77. The molecule has 35 heavy (non-hydrogen) atoms. The number of nitrogens with zero attached hydrogens (tertiary/aromatic N) is 3. The van der Waals surface area contributed by atoms with E-state index in [9.17, 15) is 18.4 Å². The average molecular weight is 521 g/mol. The van der Waals surface area contributed by atoms with Crippen LogP contribution >= 0.6 is 22.9 Å². The van der Waals surface area contributed by atoms with Gasteiger partial charge in [0.1, 0.15) is 10.8 Å². The molecule has 0 aliphatic carbocycles. The van der Waals surface area contributed by atoms with Gasteiger partial charge >= 0.3 is 0 Å². The minimum absolute atomic E-state index is 0.0664. The van der Waals surface area contributed by atoms with Crippen LogP contribution in [0.3, 0.4) is 0 Å². The third kappa shape index (κ3) is 5.34. The van der Waals surface area contributed by atoms with Crippen LogP contribution in [0.4, 0.5) is 14.5 Å². The molecule has 0 saturated carbocycles. The molecule has 0 radical (unpaired) electrons. The Morgan fingerprint density at radius 1 is 1.26 bits per heavy atom. The third-order valence-corrected chi connectivity index (χ3v) is 6.93. The number of ether oxygens (including phenoxy) is 1. The van der Waals surface area contributed by atoms with Crippen molar-refractivity contribution >= 4 is 40.4 Å². The summed E-state index contributed by atoms with van der Waals surface area (Å²) in [6.07, 6.45) is 5.06. The Kier molecular flexibility index (Phi) is 7.73. The Labute approximate surface area is 210 Å². The van der Waals surface area contributed by atoms with E-state index in [1.807, 2.05) is 5.38 Å². The van der Waals surface area contributed by atoms with Crippen LogP contribution < -0.4 is 10.2 Å². The summed E-state index contributed by atoms with van der Waals surface area (Å²) in [4.78, 5) is 36.0. The number of halogens is 3. The Morgan fingerprint density at radius 3 is 2.57 bits per heavy atom. The Hall–Kier alpha value is -2.95. The highest BCUT2D eigenvalue weighted by molar-refractivity contribution is 7.13. The quantitative estimate of drug-likeness (QED) is 0.466. The molecular weight excluding hydrogens is 498 g/mol. The van der Waals surface area contributed by atoms with Gasteiger partial charge in [-0.25, -0.2) is 13.8 Å². The van der Waals surface area contributed by atoms with Crippen molar-refractivity contribution < 1.29 is 23.1 Å². The number of thiazole rings is 1. The van der Waals surface area contributed by atoms with Crippen molar-refractivity contribution in [2.24, 2.45) is 0 Å². The normalized spacial score (nSPS) is 16.8. The number of carbonyl (C=O) groups is 2. The second-order valence-corrected chi connectivity index (χ2v) is 9.46. The van der Waals surface area contributed by atoms with Gasteiger partial charge in [0.05, 0.1) is 6.20 Å². The maximum absolute atomic E-state index is 14.3. The van der Waals surface area contributed by atoms with Gasteiger partial charge in [-0.05, 0) is 50.1 Å². The molecule has 4 rings (SSSR count). The maximum atomic E-state index is 14.3. The van der Waals surface area contributed by atoms with Gasteiger partial charge in [-0.1, -0.05) is 11.6 Å². The second kappa shape index (κ2) is 10.8. The monoisotopic (exact) mass is 520 g/mol. The van der Waals surface area contributed by atoms with Crippen molar-refractivity contribution in [1.82, 2.24) is 15.3 Å². The number of pyridine rings is 1. The summed E-state index contributed by atoms with van der Waals surface area (Å²) in [5, 5.41) is 5.50. The number of rotatable bonds is 7. The maximum Gasteiger partial charge on any atom is 0.278 e. The van der Waals surface area contributed by atoms with E-state index in [4.69, 9.17) is 16.3 Å². The first-order valence-corrected chi connectivity index (χ1v) is 12.2. The molecule has 0 bridgehead atoms. The Balaban J connectivity index is 1.81. The topological polar surface area (TPSA) is 84.4 Å². The third-order valence-electron chi connectivity index (χ3n) is 5.92. The number of carbonyl (C=O) groups excluding carboxylic acids is 2. The number of nitrogens with one attached hydrogen (secondary N) is 1. The molecule has 11 heteroatoms. The van der Waals surface area contributed by atoms with Crippen molar-refractivity contribution in [2.75, 3.05) is 18.1 Å². The smallest absolute Gasteiger partial charge is 0.278 e. The van der Waals surface area contributed by atoms with E-state index in [1.54, 1.807) is 30.5 Å². The van der Waals surface area contributed by atoms with E-state index < -0.39 is 28.8 Å². The van der Waals surface area contributed by atoms with Crippen molar-refractivity contribution in [3.05, 3.63) is 65.7 Å². The van der Waals surface area contributed by atoms with Crippen molar-refractivity contribution in [3.63, 3.8) is 0 Å². The molecule has 1 aliphatic rings. The fourth-order valence-electron chi connectivity index (χ4n) is 4.03. The molecule has 1 saturated heterocycles. The number of alkyl halides is 2. The van der Waals surface area contributed by atoms with E-state index in [1.165, 1.54) is 24.5 Å². The highest BCUT2D eigenvalue weighted by atomic mass is 35.5. The molecule has 0 spiro atoms. The molecule has 1 unspecified atom stereocenters. The van der Waals surface area contributed by atoms with Gasteiger partial charge in [-0.2, -0.15) is 0 Å². The first-order valence-electron chi connectivity index (χ1n) is 10.9. The largest absolute Gasteiger partial charge is 0.381 e. The summed E-state index contributed by atoms with van der Waals surface area (Å²) in [7, 11) is 0. The molecule has 1 fully saturated rings. The van der Waals surface area contributed by atoms with E-state index in [0.717, 1.165) is 27.7 Å². The molecule has 3 aromatic rings. The van der Waals surface area contributed by atoms with Crippen LogP contribution in [0.25, 0.3) is 10.6 Å². The van der Waals surface area contributed by atoms with Gasteiger partial charge in [-0.3, -0.25) is 19.5 Å². The number of hydrogen-bond acceptors (Lipinski definition) is 6. The van der Waals surface area contributed by atoms with Crippen molar-refractivity contribution in [1.29, 1.82) is 0 Å². The van der Waals surface area contributed by atoms with Crippen LogP contribution in [0.2, 0.25) is 0 Å². The summed E-state index contributed by atoms with van der Waals surface area (Å²) in [5.74, 6) is -2.49. The molecule has 1 N–H and O–H groups in total. The molecule has 184 valence electrons. The Bertz CT molecular complexity index is 1170. The first kappa shape index (κ1) is 25.2. The molecule has 3 heterocycles. The lowest BCUT2D eigenvalue weighted by Gasteiger charge is -2.41. The zero-order chi connectivity index (χ0) is 25.0. The standard InChI is InChI=1S/C24H23ClF2N4O3S/c1-24(16-12-17(26)14-28-13-16,23(33)30-18-6-9-34-10-7-18)31(22(32)20(25)27)19-4-2-15(3-5-19)21-29-8-11-35-21/h2-5,8,11-14,18,20H,6-7,9-10H2,1H3,(H,30,33)/t20?,24-/m1/s1. The molecule has 7 nitrogen and oxygen atoms in total. The first-order chi connectivity index (χ1) is 16.8. The van der Waals surface area contributed by atoms with Crippen LogP contribution in [0.5, 0.6) is 0 Å². The molecule has 2 atom stereocenters. The fraction of sp³-hybridized carbons (Fsp3) is 0.333. The summed E-state index contributed by atoms with van der Waals surface area (Å²) in [6.45, 7) is 2.36. The van der Waals surface area contributed by atoms with Gasteiger partial charge < -0.3 is 10.1 Å². The zero-order valence-corrected chi connectivity index (χ0v) is 20.4. The number of amides is 2. The predicted molar refractivity (Wildman–Crippen MR) is 129 cm³/mol. The van der Waals surface area contributed by atoms with Crippen molar-refractivity contribution in [2.45, 2.75) is 37.0 Å². The lowest BCUT2D eigenvalue weighted by atomic mass is 9.88. The zero-order valence-electron chi connectivity index (χ0n) is 18.8. The van der Waals surface area contributed by atoms with E-state index in [-0.39, 0.29) is 17.3 Å². The summed E-state index contributed by atoms with van der Waals surface area (Å²) < 4.78 is 33.9. The number of anilines is 1. The lowest BCUT2D eigenvalue weighted by Crippen LogP contribution is -2.60. The molecular formula is C24H23ClF2N4O3S. The molecule has 1 aliphatic heterocycles.